The van der Waals surface area contributed by atoms with E-state index in [4.69, 9.17) is 13.6 Å². The molecule has 0 radical (unpaired) electrons. The zero-order valence-corrected chi connectivity index (χ0v) is 20.3. The summed E-state index contributed by atoms with van der Waals surface area (Å²) in [6, 6.07) is 17.7. The third-order valence-corrected chi connectivity index (χ3v) is 6.20. The quantitative estimate of drug-likeness (QED) is 0.192. The highest BCUT2D eigenvalue weighted by molar-refractivity contribution is 5.87. The Kier molecular flexibility index (Phi) is 5.58. The van der Waals surface area contributed by atoms with Crippen molar-refractivity contribution in [2.75, 3.05) is 0 Å². The summed E-state index contributed by atoms with van der Waals surface area (Å²) in [6.07, 6.45) is 0. The van der Waals surface area contributed by atoms with Crippen molar-refractivity contribution in [1.29, 1.82) is 0 Å². The SMILES string of the molecule is O=c1cc(-c2ccc(Oc3ccc(-c4cc(=O)c5c(O)cc(O)cc5o4)cc3O)cc2)oc2cc(O)cc(O)c12. The van der Waals surface area contributed by atoms with Crippen molar-refractivity contribution >= 4 is 21.9 Å². The highest BCUT2D eigenvalue weighted by Crippen LogP contribution is 2.37. The van der Waals surface area contributed by atoms with Gasteiger partial charge in [0.1, 0.15) is 62.2 Å². The van der Waals surface area contributed by atoms with Crippen LogP contribution >= 0.6 is 0 Å². The van der Waals surface area contributed by atoms with Crippen LogP contribution in [0.4, 0.5) is 0 Å². The molecule has 10 nitrogen and oxygen atoms in total. The van der Waals surface area contributed by atoms with Crippen molar-refractivity contribution in [3.63, 3.8) is 0 Å². The first kappa shape index (κ1) is 24.4. The average molecular weight is 538 g/mol. The second-order valence-corrected chi connectivity index (χ2v) is 8.93. The van der Waals surface area contributed by atoms with Gasteiger partial charge in [-0.25, -0.2) is 0 Å². The lowest BCUT2D eigenvalue weighted by molar-refractivity contribution is 0.411. The van der Waals surface area contributed by atoms with E-state index in [2.05, 4.69) is 0 Å². The fourth-order valence-corrected chi connectivity index (χ4v) is 4.36. The van der Waals surface area contributed by atoms with Crippen LogP contribution in [0.25, 0.3) is 44.6 Å². The molecule has 6 rings (SSSR count). The Labute approximate surface area is 223 Å². The van der Waals surface area contributed by atoms with Gasteiger partial charge in [-0.05, 0) is 42.5 Å². The Morgan fingerprint density at radius 3 is 1.55 bits per heavy atom. The molecule has 0 unspecified atom stereocenters. The van der Waals surface area contributed by atoms with E-state index >= 15 is 0 Å². The van der Waals surface area contributed by atoms with E-state index in [-0.39, 0.29) is 62.2 Å². The molecular formula is C30H18O10. The number of rotatable bonds is 4. The molecule has 6 aromatic rings. The molecule has 0 spiro atoms. The number of ether oxygens (including phenoxy) is 1. The molecule has 0 saturated carbocycles. The smallest absolute Gasteiger partial charge is 0.197 e. The summed E-state index contributed by atoms with van der Waals surface area (Å²) in [5.41, 5.74) is -0.112. The van der Waals surface area contributed by atoms with Gasteiger partial charge in [0.25, 0.3) is 0 Å². The normalized spacial score (nSPS) is 11.2. The minimum absolute atomic E-state index is 0.0178. The Balaban J connectivity index is 1.27. The summed E-state index contributed by atoms with van der Waals surface area (Å²) in [7, 11) is 0. The minimum Gasteiger partial charge on any atom is -0.508 e. The second-order valence-electron chi connectivity index (χ2n) is 8.93. The molecule has 0 aliphatic heterocycles. The molecule has 0 fully saturated rings. The van der Waals surface area contributed by atoms with Crippen molar-refractivity contribution in [3.05, 3.63) is 99.3 Å². The van der Waals surface area contributed by atoms with E-state index in [0.717, 1.165) is 12.1 Å². The number of fused-ring (bicyclic) bond motifs is 2. The summed E-state index contributed by atoms with van der Waals surface area (Å²) in [6.45, 7) is 0. The van der Waals surface area contributed by atoms with Crippen LogP contribution in [0.1, 0.15) is 0 Å². The molecule has 5 N–H and O–H groups in total. The molecule has 10 heteroatoms. The summed E-state index contributed by atoms with van der Waals surface area (Å²) >= 11 is 0. The van der Waals surface area contributed by atoms with Crippen LogP contribution in [0.15, 0.2) is 97.3 Å². The first-order valence-corrected chi connectivity index (χ1v) is 11.8. The minimum atomic E-state index is -0.524. The van der Waals surface area contributed by atoms with Gasteiger partial charge in [0.15, 0.2) is 22.4 Å². The van der Waals surface area contributed by atoms with Gasteiger partial charge in [-0.3, -0.25) is 9.59 Å². The van der Waals surface area contributed by atoms with E-state index < -0.39 is 16.6 Å². The molecule has 0 amide bonds. The third kappa shape index (κ3) is 4.29. The molecular weight excluding hydrogens is 520 g/mol. The first-order valence-electron chi connectivity index (χ1n) is 11.8. The molecule has 2 heterocycles. The Hall–Kier alpha value is -5.90. The van der Waals surface area contributed by atoms with Gasteiger partial charge in [-0.1, -0.05) is 0 Å². The lowest BCUT2D eigenvalue weighted by Gasteiger charge is -2.10. The van der Waals surface area contributed by atoms with Gasteiger partial charge >= 0.3 is 0 Å². The topological polar surface area (TPSA) is 171 Å². The van der Waals surface area contributed by atoms with Crippen LogP contribution in [0.2, 0.25) is 0 Å². The molecule has 0 aliphatic carbocycles. The van der Waals surface area contributed by atoms with Gasteiger partial charge in [0.05, 0.1) is 0 Å². The Bertz CT molecular complexity index is 2070. The molecule has 40 heavy (non-hydrogen) atoms. The number of phenols is 5. The first-order chi connectivity index (χ1) is 19.2. The maximum Gasteiger partial charge on any atom is 0.197 e. The van der Waals surface area contributed by atoms with Gasteiger partial charge < -0.3 is 39.1 Å². The highest BCUT2D eigenvalue weighted by Gasteiger charge is 2.15. The van der Waals surface area contributed by atoms with Crippen molar-refractivity contribution < 1.29 is 39.1 Å². The van der Waals surface area contributed by atoms with Crippen molar-refractivity contribution in [1.82, 2.24) is 0 Å². The second kappa shape index (κ2) is 9.14. The number of benzene rings is 4. The maximum absolute atomic E-state index is 12.5. The number of phenolic OH excluding ortho intramolecular Hbond substituents is 5. The van der Waals surface area contributed by atoms with Crippen LogP contribution < -0.4 is 15.6 Å². The van der Waals surface area contributed by atoms with Gasteiger partial charge in [-0.15, -0.1) is 0 Å². The van der Waals surface area contributed by atoms with Crippen LogP contribution in [0.5, 0.6) is 40.2 Å². The van der Waals surface area contributed by atoms with E-state index in [1.165, 1.54) is 36.4 Å². The molecule has 0 saturated heterocycles. The van der Waals surface area contributed by atoms with E-state index in [0.29, 0.717) is 16.9 Å². The molecule has 0 bridgehead atoms. The van der Waals surface area contributed by atoms with Crippen molar-refractivity contribution in [3.8, 4) is 62.9 Å². The van der Waals surface area contributed by atoms with Gasteiger partial charge in [0.2, 0.25) is 0 Å². The summed E-state index contributed by atoms with van der Waals surface area (Å²) in [5, 5.41) is 49.8. The molecule has 4 aromatic carbocycles. The fraction of sp³-hybridized carbons (Fsp3) is 0. The van der Waals surface area contributed by atoms with E-state index in [9.17, 15) is 35.1 Å². The molecule has 0 aliphatic rings. The van der Waals surface area contributed by atoms with Gasteiger partial charge in [0, 0.05) is 47.5 Å². The largest absolute Gasteiger partial charge is 0.508 e. The number of hydrogen-bond acceptors (Lipinski definition) is 10. The van der Waals surface area contributed by atoms with Gasteiger partial charge in [-0.2, -0.15) is 0 Å². The lowest BCUT2D eigenvalue weighted by Crippen LogP contribution is -2.00. The third-order valence-electron chi connectivity index (χ3n) is 6.20. The fourth-order valence-electron chi connectivity index (χ4n) is 4.36. The van der Waals surface area contributed by atoms with E-state index in [1.54, 1.807) is 30.3 Å². The highest BCUT2D eigenvalue weighted by atomic mass is 16.5. The van der Waals surface area contributed by atoms with Crippen molar-refractivity contribution in [2.24, 2.45) is 0 Å². The molecule has 2 aromatic heterocycles. The van der Waals surface area contributed by atoms with Crippen LogP contribution in [-0.2, 0) is 0 Å². The van der Waals surface area contributed by atoms with Crippen molar-refractivity contribution in [2.45, 2.75) is 0 Å². The van der Waals surface area contributed by atoms with E-state index in [1.807, 2.05) is 0 Å². The summed E-state index contributed by atoms with van der Waals surface area (Å²) in [4.78, 5) is 25.0. The molecule has 0 atom stereocenters. The summed E-state index contributed by atoms with van der Waals surface area (Å²) in [5.74, 6) is -0.785. The van der Waals surface area contributed by atoms with Crippen LogP contribution in [0, 0.1) is 0 Å². The zero-order valence-electron chi connectivity index (χ0n) is 20.3. The predicted octanol–water partition coefficient (Wildman–Crippen LogP) is 5.55. The van der Waals surface area contributed by atoms with Crippen LogP contribution in [-0.4, -0.2) is 25.5 Å². The number of aromatic hydroxyl groups is 5. The predicted molar refractivity (Wildman–Crippen MR) is 144 cm³/mol. The standard InChI is InChI=1S/C30H18O10/c31-16-8-20(34)29-22(36)12-25(39-27(29)10-16)14-1-4-18(5-2-14)38-24-6-3-15(7-19(24)33)26-13-23(37)30-21(35)9-17(32)11-28(30)40-26/h1-13,31-35H. The maximum atomic E-state index is 12.5. The summed E-state index contributed by atoms with van der Waals surface area (Å²) < 4.78 is 17.2. The zero-order chi connectivity index (χ0) is 28.1. The van der Waals surface area contributed by atoms with Crippen LogP contribution in [0.3, 0.4) is 0 Å². The lowest BCUT2D eigenvalue weighted by atomic mass is 10.1. The Morgan fingerprint density at radius 2 is 1.02 bits per heavy atom. The monoisotopic (exact) mass is 538 g/mol. The molecule has 198 valence electrons. The number of hydrogen-bond donors (Lipinski definition) is 5. The average Bonchev–Trinajstić information content (AvgIpc) is 2.89. The Morgan fingerprint density at radius 1 is 0.525 bits per heavy atom.